The van der Waals surface area contributed by atoms with E-state index in [1.165, 1.54) is 5.56 Å². The Labute approximate surface area is 186 Å². The Morgan fingerprint density at radius 1 is 1.07 bits per heavy atom. The smallest absolute Gasteiger partial charge is 0.191 e. The maximum atomic E-state index is 4.45. The van der Waals surface area contributed by atoms with Crippen molar-refractivity contribution in [1.82, 2.24) is 25.3 Å². The van der Waals surface area contributed by atoms with Gasteiger partial charge in [-0.05, 0) is 33.3 Å². The van der Waals surface area contributed by atoms with Gasteiger partial charge in [0.05, 0.1) is 12.7 Å². The third-order valence-corrected chi connectivity index (χ3v) is 4.55. The number of nitrogens with zero attached hydrogens (tertiary/aromatic N) is 4. The number of aliphatic imine (C=N–C) groups is 1. The summed E-state index contributed by atoms with van der Waals surface area (Å²) < 4.78 is 1.96. The van der Waals surface area contributed by atoms with Crippen LogP contribution in [0.2, 0.25) is 0 Å². The summed E-state index contributed by atoms with van der Waals surface area (Å²) in [4.78, 5) is 6.78. The Balaban J connectivity index is 0.00000392. The Bertz CT molecular complexity index is 688. The number of benzene rings is 1. The average Bonchev–Trinajstić information content (AvgIpc) is 3.08. The predicted octanol–water partition coefficient (Wildman–Crippen LogP) is 3.33. The zero-order valence-corrected chi connectivity index (χ0v) is 20.1. The van der Waals surface area contributed by atoms with E-state index in [9.17, 15) is 0 Å². The summed E-state index contributed by atoms with van der Waals surface area (Å²) in [6.07, 6.45) is 3.98. The first-order valence-corrected chi connectivity index (χ1v) is 9.75. The van der Waals surface area contributed by atoms with Crippen LogP contribution in [0.4, 0.5) is 0 Å². The lowest BCUT2D eigenvalue weighted by Gasteiger charge is -2.30. The quantitative estimate of drug-likeness (QED) is 0.317. The van der Waals surface area contributed by atoms with E-state index in [0.29, 0.717) is 18.6 Å². The van der Waals surface area contributed by atoms with Crippen LogP contribution in [0, 0.1) is 0 Å². The molecule has 1 aromatic heterocycles. The van der Waals surface area contributed by atoms with Crippen LogP contribution >= 0.6 is 24.0 Å². The normalized spacial score (nSPS) is 11.8. The molecular weight excluding hydrogens is 463 g/mol. The topological polar surface area (TPSA) is 57.5 Å². The Hall–Kier alpha value is -1.61. The molecule has 7 heteroatoms. The molecule has 0 aliphatic carbocycles. The van der Waals surface area contributed by atoms with Crippen LogP contribution in [0.15, 0.2) is 47.7 Å². The van der Waals surface area contributed by atoms with E-state index in [4.69, 9.17) is 0 Å². The highest BCUT2D eigenvalue weighted by Crippen LogP contribution is 2.04. The molecule has 0 unspecified atom stereocenters. The molecule has 0 aliphatic heterocycles. The number of hydrogen-bond acceptors (Lipinski definition) is 3. The number of halogens is 1. The molecule has 0 spiro atoms. The summed E-state index contributed by atoms with van der Waals surface area (Å²) in [5.41, 5.74) is 2.39. The summed E-state index contributed by atoms with van der Waals surface area (Å²) in [7, 11) is 1.80. The minimum absolute atomic E-state index is 0. The molecular formula is C21H35IN6. The van der Waals surface area contributed by atoms with Gasteiger partial charge >= 0.3 is 0 Å². The van der Waals surface area contributed by atoms with Crippen molar-refractivity contribution in [3.05, 3.63) is 53.9 Å². The second-order valence-electron chi connectivity index (χ2n) is 7.31. The summed E-state index contributed by atoms with van der Waals surface area (Å²) in [5, 5.41) is 11.2. The van der Waals surface area contributed by atoms with E-state index >= 15 is 0 Å². The van der Waals surface area contributed by atoms with Crippen LogP contribution in [0.1, 0.15) is 38.8 Å². The molecule has 0 radical (unpaired) electrons. The number of guanidine groups is 1. The largest absolute Gasteiger partial charge is 0.355 e. The van der Waals surface area contributed by atoms with Gasteiger partial charge in [-0.3, -0.25) is 14.6 Å². The van der Waals surface area contributed by atoms with E-state index in [0.717, 1.165) is 31.2 Å². The van der Waals surface area contributed by atoms with Gasteiger partial charge in [0.1, 0.15) is 0 Å². The van der Waals surface area contributed by atoms with Crippen LogP contribution < -0.4 is 10.6 Å². The minimum atomic E-state index is 0. The molecule has 2 N–H and O–H groups in total. The van der Waals surface area contributed by atoms with Crippen LogP contribution in [0.25, 0.3) is 0 Å². The third kappa shape index (κ3) is 8.18. The van der Waals surface area contributed by atoms with Gasteiger partial charge in [0.2, 0.25) is 0 Å². The first kappa shape index (κ1) is 24.4. The van der Waals surface area contributed by atoms with Crippen molar-refractivity contribution in [2.75, 3.05) is 20.1 Å². The molecule has 0 atom stereocenters. The molecule has 0 saturated heterocycles. The minimum Gasteiger partial charge on any atom is -0.355 e. The maximum absolute atomic E-state index is 4.45. The Morgan fingerprint density at radius 2 is 1.75 bits per heavy atom. The van der Waals surface area contributed by atoms with Gasteiger partial charge in [-0.15, -0.1) is 24.0 Å². The van der Waals surface area contributed by atoms with Gasteiger partial charge < -0.3 is 10.6 Å². The summed E-state index contributed by atoms with van der Waals surface area (Å²) in [6.45, 7) is 12.3. The fraction of sp³-hybridized carbons (Fsp3) is 0.524. The zero-order valence-electron chi connectivity index (χ0n) is 17.7. The summed E-state index contributed by atoms with van der Waals surface area (Å²) in [6, 6.07) is 11.4. The highest BCUT2D eigenvalue weighted by atomic mass is 127. The molecule has 0 amide bonds. The Morgan fingerprint density at radius 3 is 2.36 bits per heavy atom. The van der Waals surface area contributed by atoms with Crippen molar-refractivity contribution < 1.29 is 0 Å². The van der Waals surface area contributed by atoms with E-state index in [1.807, 2.05) is 16.9 Å². The van der Waals surface area contributed by atoms with Gasteiger partial charge in [0.25, 0.3) is 0 Å². The molecule has 28 heavy (non-hydrogen) atoms. The second kappa shape index (κ2) is 12.8. The maximum Gasteiger partial charge on any atom is 0.191 e. The second-order valence-corrected chi connectivity index (χ2v) is 7.31. The van der Waals surface area contributed by atoms with Crippen molar-refractivity contribution in [3.8, 4) is 0 Å². The van der Waals surface area contributed by atoms with Crippen LogP contribution in [-0.4, -0.2) is 52.9 Å². The number of aromatic nitrogens is 2. The molecule has 0 fully saturated rings. The van der Waals surface area contributed by atoms with E-state index < -0.39 is 0 Å². The van der Waals surface area contributed by atoms with Gasteiger partial charge in [0, 0.05) is 50.5 Å². The van der Waals surface area contributed by atoms with E-state index in [1.54, 1.807) is 7.05 Å². The molecule has 0 saturated carbocycles. The zero-order chi connectivity index (χ0) is 19.6. The molecule has 2 rings (SSSR count). The fourth-order valence-electron chi connectivity index (χ4n) is 3.18. The first-order chi connectivity index (χ1) is 13.0. The third-order valence-electron chi connectivity index (χ3n) is 4.55. The molecule has 1 aromatic carbocycles. The van der Waals surface area contributed by atoms with Gasteiger partial charge in [0.15, 0.2) is 5.96 Å². The monoisotopic (exact) mass is 498 g/mol. The van der Waals surface area contributed by atoms with Crippen LogP contribution in [-0.2, 0) is 13.1 Å². The highest BCUT2D eigenvalue weighted by Gasteiger charge is 2.12. The van der Waals surface area contributed by atoms with Gasteiger partial charge in [-0.2, -0.15) is 5.10 Å². The first-order valence-electron chi connectivity index (χ1n) is 9.75. The summed E-state index contributed by atoms with van der Waals surface area (Å²) >= 11 is 0. The van der Waals surface area contributed by atoms with Crippen molar-refractivity contribution in [2.24, 2.45) is 4.99 Å². The summed E-state index contributed by atoms with van der Waals surface area (Å²) in [5.74, 6) is 0.818. The lowest BCUT2D eigenvalue weighted by Crippen LogP contribution is -2.45. The van der Waals surface area contributed by atoms with E-state index in [2.05, 4.69) is 83.8 Å². The van der Waals surface area contributed by atoms with Crippen LogP contribution in [0.3, 0.4) is 0 Å². The van der Waals surface area contributed by atoms with Crippen molar-refractivity contribution in [3.63, 3.8) is 0 Å². The SMILES string of the molecule is CN=C(NCCN(C(C)C)C(C)C)NCc1cnn(Cc2ccccc2)c1.I. The van der Waals surface area contributed by atoms with Gasteiger partial charge in [-0.25, -0.2) is 0 Å². The predicted molar refractivity (Wildman–Crippen MR) is 128 cm³/mol. The number of hydrogen-bond donors (Lipinski definition) is 2. The van der Waals surface area contributed by atoms with Crippen molar-refractivity contribution >= 4 is 29.9 Å². The lowest BCUT2D eigenvalue weighted by atomic mass is 10.2. The molecule has 6 nitrogen and oxygen atoms in total. The molecule has 1 heterocycles. The van der Waals surface area contributed by atoms with E-state index in [-0.39, 0.29) is 24.0 Å². The van der Waals surface area contributed by atoms with Crippen molar-refractivity contribution in [2.45, 2.75) is 52.9 Å². The highest BCUT2D eigenvalue weighted by molar-refractivity contribution is 14.0. The van der Waals surface area contributed by atoms with Crippen LogP contribution in [0.5, 0.6) is 0 Å². The lowest BCUT2D eigenvalue weighted by molar-refractivity contribution is 0.178. The fourth-order valence-corrected chi connectivity index (χ4v) is 3.18. The standard InChI is InChI=1S/C21H34N6.HI/c1-17(2)27(18(3)4)12-11-23-21(22-5)24-13-20-14-25-26(16-20)15-19-9-7-6-8-10-19;/h6-10,14,16-18H,11-13,15H2,1-5H3,(H2,22,23,24);1H. The molecule has 0 aliphatic rings. The Kier molecular flexibility index (Phi) is 11.1. The molecule has 156 valence electrons. The molecule has 0 bridgehead atoms. The number of rotatable bonds is 9. The van der Waals surface area contributed by atoms with Gasteiger partial charge in [-0.1, -0.05) is 30.3 Å². The average molecular weight is 498 g/mol. The molecule has 2 aromatic rings. The number of nitrogens with one attached hydrogen (secondary N) is 2. The van der Waals surface area contributed by atoms with Crippen molar-refractivity contribution in [1.29, 1.82) is 0 Å².